The molecule has 3 heterocycles. The van der Waals surface area contributed by atoms with Crippen LogP contribution in [0.1, 0.15) is 41.6 Å². The van der Waals surface area contributed by atoms with Crippen molar-refractivity contribution in [1.29, 1.82) is 0 Å². The van der Waals surface area contributed by atoms with E-state index in [4.69, 9.17) is 4.52 Å². The summed E-state index contributed by atoms with van der Waals surface area (Å²) in [6.07, 6.45) is 4.26. The van der Waals surface area contributed by atoms with E-state index in [9.17, 15) is 0 Å². The highest BCUT2D eigenvalue weighted by Crippen LogP contribution is 2.36. The van der Waals surface area contributed by atoms with Crippen molar-refractivity contribution in [3.63, 3.8) is 0 Å². The van der Waals surface area contributed by atoms with Crippen LogP contribution in [0.5, 0.6) is 0 Å². The Kier molecular flexibility index (Phi) is 3.34. The molecule has 0 unspecified atom stereocenters. The number of nitrogens with zero attached hydrogens (tertiary/aromatic N) is 3. The third-order valence-corrected chi connectivity index (χ3v) is 3.88. The lowest BCUT2D eigenvalue weighted by atomic mass is 10.0. The van der Waals surface area contributed by atoms with Gasteiger partial charge in [0.1, 0.15) is 5.76 Å². The summed E-state index contributed by atoms with van der Waals surface area (Å²) in [6.45, 7) is 6.05. The zero-order valence-corrected chi connectivity index (χ0v) is 11.5. The maximum Gasteiger partial charge on any atom is 0.138 e. The smallest absolute Gasteiger partial charge is 0.138 e. The van der Waals surface area contributed by atoms with Crippen molar-refractivity contribution in [2.45, 2.75) is 39.3 Å². The van der Waals surface area contributed by atoms with Crippen LogP contribution in [0.15, 0.2) is 28.9 Å². The lowest BCUT2D eigenvalue weighted by molar-refractivity contribution is 0.243. The minimum atomic E-state index is 0.424. The molecule has 4 nitrogen and oxygen atoms in total. The fourth-order valence-corrected chi connectivity index (χ4v) is 3.01. The Labute approximate surface area is 113 Å². The van der Waals surface area contributed by atoms with E-state index in [0.29, 0.717) is 6.04 Å². The zero-order valence-electron chi connectivity index (χ0n) is 11.5. The minimum Gasteiger partial charge on any atom is -0.361 e. The van der Waals surface area contributed by atoms with Crippen LogP contribution >= 0.6 is 0 Å². The van der Waals surface area contributed by atoms with Crippen molar-refractivity contribution in [2.75, 3.05) is 6.54 Å². The van der Waals surface area contributed by atoms with E-state index in [2.05, 4.69) is 21.1 Å². The summed E-state index contributed by atoms with van der Waals surface area (Å²) in [5, 5.41) is 4.08. The first-order valence-corrected chi connectivity index (χ1v) is 6.82. The SMILES string of the molecule is Cc1noc(C)c1[C@@H]1CCCN1Cc1ccccn1. The van der Waals surface area contributed by atoms with Gasteiger partial charge in [-0.1, -0.05) is 11.2 Å². The van der Waals surface area contributed by atoms with Gasteiger partial charge < -0.3 is 4.52 Å². The number of rotatable bonds is 3. The summed E-state index contributed by atoms with van der Waals surface area (Å²) in [5.41, 5.74) is 3.42. The van der Waals surface area contributed by atoms with E-state index in [1.54, 1.807) is 0 Å². The van der Waals surface area contributed by atoms with Gasteiger partial charge in [0.25, 0.3) is 0 Å². The normalized spacial score (nSPS) is 20.0. The zero-order chi connectivity index (χ0) is 13.2. The molecule has 1 aliphatic rings. The molecule has 1 saturated heterocycles. The first kappa shape index (κ1) is 12.4. The topological polar surface area (TPSA) is 42.2 Å². The summed E-state index contributed by atoms with van der Waals surface area (Å²) in [5.74, 6) is 0.954. The van der Waals surface area contributed by atoms with Gasteiger partial charge in [-0.2, -0.15) is 0 Å². The van der Waals surface area contributed by atoms with Crippen LogP contribution < -0.4 is 0 Å². The minimum absolute atomic E-state index is 0.424. The number of hydrogen-bond acceptors (Lipinski definition) is 4. The van der Waals surface area contributed by atoms with Gasteiger partial charge in [0.15, 0.2) is 0 Å². The molecule has 1 atom stereocenters. The average Bonchev–Trinajstić information content (AvgIpc) is 2.98. The molecule has 0 aromatic carbocycles. The van der Waals surface area contributed by atoms with Gasteiger partial charge in [0.2, 0.25) is 0 Å². The highest BCUT2D eigenvalue weighted by atomic mass is 16.5. The van der Waals surface area contributed by atoms with Crippen molar-refractivity contribution in [3.8, 4) is 0 Å². The average molecular weight is 257 g/mol. The third-order valence-electron chi connectivity index (χ3n) is 3.88. The van der Waals surface area contributed by atoms with Crippen molar-refractivity contribution in [3.05, 3.63) is 47.1 Å². The fraction of sp³-hybridized carbons (Fsp3) is 0.467. The lowest BCUT2D eigenvalue weighted by Gasteiger charge is -2.24. The number of aromatic nitrogens is 2. The number of likely N-dealkylation sites (tertiary alicyclic amines) is 1. The molecule has 3 rings (SSSR count). The summed E-state index contributed by atoms with van der Waals surface area (Å²) in [7, 11) is 0. The van der Waals surface area contributed by atoms with Crippen LogP contribution in [-0.2, 0) is 6.54 Å². The second-order valence-corrected chi connectivity index (χ2v) is 5.19. The van der Waals surface area contributed by atoms with Gasteiger partial charge in [0.05, 0.1) is 11.4 Å². The molecule has 1 aliphatic heterocycles. The van der Waals surface area contributed by atoms with Crippen molar-refractivity contribution >= 4 is 0 Å². The van der Waals surface area contributed by atoms with Crippen LogP contribution in [0.2, 0.25) is 0 Å². The molecule has 100 valence electrons. The molecule has 0 spiro atoms. The van der Waals surface area contributed by atoms with E-state index < -0.39 is 0 Å². The second kappa shape index (κ2) is 5.13. The van der Waals surface area contributed by atoms with Gasteiger partial charge >= 0.3 is 0 Å². The molecular weight excluding hydrogens is 238 g/mol. The van der Waals surface area contributed by atoms with Crippen LogP contribution in [-0.4, -0.2) is 21.6 Å². The maximum atomic E-state index is 5.31. The Morgan fingerprint density at radius 2 is 2.26 bits per heavy atom. The monoisotopic (exact) mass is 257 g/mol. The molecule has 2 aromatic rings. The summed E-state index contributed by atoms with van der Waals surface area (Å²) >= 11 is 0. The first-order valence-electron chi connectivity index (χ1n) is 6.82. The molecule has 1 fully saturated rings. The Balaban J connectivity index is 1.82. The van der Waals surface area contributed by atoms with Crippen molar-refractivity contribution in [2.24, 2.45) is 0 Å². The Morgan fingerprint density at radius 1 is 1.37 bits per heavy atom. The molecule has 0 radical (unpaired) electrons. The molecular formula is C15H19N3O. The summed E-state index contributed by atoms with van der Waals surface area (Å²) < 4.78 is 5.31. The van der Waals surface area contributed by atoms with E-state index >= 15 is 0 Å². The van der Waals surface area contributed by atoms with Gasteiger partial charge in [-0.25, -0.2) is 0 Å². The standard InChI is InChI=1S/C15H19N3O/c1-11-15(12(2)19-17-11)14-7-5-9-18(14)10-13-6-3-4-8-16-13/h3-4,6,8,14H,5,7,9-10H2,1-2H3/t14-/m0/s1. The van der Waals surface area contributed by atoms with E-state index in [1.165, 1.54) is 18.4 Å². The van der Waals surface area contributed by atoms with Crippen LogP contribution in [0.4, 0.5) is 0 Å². The van der Waals surface area contributed by atoms with Crippen molar-refractivity contribution in [1.82, 2.24) is 15.0 Å². The first-order chi connectivity index (χ1) is 9.25. The third kappa shape index (κ3) is 2.40. The number of aryl methyl sites for hydroxylation is 2. The molecule has 0 amide bonds. The lowest BCUT2D eigenvalue weighted by Crippen LogP contribution is -2.23. The Bertz CT molecular complexity index is 530. The van der Waals surface area contributed by atoms with Crippen molar-refractivity contribution < 1.29 is 4.52 Å². The van der Waals surface area contributed by atoms with E-state index in [0.717, 1.165) is 30.2 Å². The van der Waals surface area contributed by atoms with Crippen LogP contribution in [0.3, 0.4) is 0 Å². The highest BCUT2D eigenvalue weighted by molar-refractivity contribution is 5.26. The summed E-state index contributed by atoms with van der Waals surface area (Å²) in [6, 6.07) is 6.51. The number of pyridine rings is 1. The molecule has 0 bridgehead atoms. The second-order valence-electron chi connectivity index (χ2n) is 5.19. The maximum absolute atomic E-state index is 5.31. The molecule has 4 heteroatoms. The highest BCUT2D eigenvalue weighted by Gasteiger charge is 2.30. The van der Waals surface area contributed by atoms with Gasteiger partial charge in [-0.05, 0) is 45.4 Å². The summed E-state index contributed by atoms with van der Waals surface area (Å²) in [4.78, 5) is 6.90. The van der Waals surface area contributed by atoms with Gasteiger partial charge in [-0.15, -0.1) is 0 Å². The van der Waals surface area contributed by atoms with E-state index in [1.807, 2.05) is 32.2 Å². The van der Waals surface area contributed by atoms with Gasteiger partial charge in [-0.3, -0.25) is 9.88 Å². The van der Waals surface area contributed by atoms with E-state index in [-0.39, 0.29) is 0 Å². The quantitative estimate of drug-likeness (QED) is 0.847. The predicted octanol–water partition coefficient (Wildman–Crippen LogP) is 3.02. The fourth-order valence-electron chi connectivity index (χ4n) is 3.01. The molecule has 19 heavy (non-hydrogen) atoms. The van der Waals surface area contributed by atoms with Crippen LogP contribution in [0, 0.1) is 13.8 Å². The Hall–Kier alpha value is -1.68. The van der Waals surface area contributed by atoms with Crippen LogP contribution in [0.25, 0.3) is 0 Å². The largest absolute Gasteiger partial charge is 0.361 e. The van der Waals surface area contributed by atoms with Gasteiger partial charge in [0, 0.05) is 24.3 Å². The predicted molar refractivity (Wildman–Crippen MR) is 72.6 cm³/mol. The molecule has 0 aliphatic carbocycles. The molecule has 0 N–H and O–H groups in total. The Morgan fingerprint density at radius 3 is 2.95 bits per heavy atom. The number of hydrogen-bond donors (Lipinski definition) is 0. The molecule has 2 aromatic heterocycles. The molecule has 0 saturated carbocycles.